The van der Waals surface area contributed by atoms with E-state index in [4.69, 9.17) is 0 Å². The average molecular weight is 208 g/mol. The van der Waals surface area contributed by atoms with Crippen LogP contribution in [0.15, 0.2) is 0 Å². The molecule has 0 aromatic heterocycles. The van der Waals surface area contributed by atoms with Crippen molar-refractivity contribution >= 4 is 0 Å². The molecule has 1 rings (SSSR count). The van der Waals surface area contributed by atoms with Crippen LogP contribution in [0.25, 0.3) is 0 Å². The highest BCUT2D eigenvalue weighted by Crippen LogP contribution is 2.43. The van der Waals surface area contributed by atoms with Crippen LogP contribution in [-0.2, 0) is 0 Å². The predicted octanol–water partition coefficient (Wildman–Crippen LogP) is 3.09. The first-order valence-corrected chi connectivity index (χ1v) is 6.09. The molecule has 1 aliphatic carbocycles. The lowest BCUT2D eigenvalue weighted by molar-refractivity contribution is 0.115. The Bertz CT molecular complexity index is 252. The molecule has 2 unspecified atom stereocenters. The van der Waals surface area contributed by atoms with Crippen LogP contribution in [0.5, 0.6) is 0 Å². The molecule has 0 aromatic rings. The molecule has 1 fully saturated rings. The van der Waals surface area contributed by atoms with Gasteiger partial charge in [0.05, 0.1) is 6.07 Å². The van der Waals surface area contributed by atoms with E-state index in [1.165, 1.54) is 6.42 Å². The smallest absolute Gasteiger partial charge is 0.107 e. The topological polar surface area (TPSA) is 35.8 Å². The molecular formula is C13H24N2. The lowest BCUT2D eigenvalue weighted by atomic mass is 9.65. The minimum atomic E-state index is -0.267. The first-order valence-electron chi connectivity index (χ1n) is 6.09. The number of nitrogens with zero attached hydrogens (tertiary/aromatic N) is 1. The van der Waals surface area contributed by atoms with Crippen LogP contribution in [-0.4, -0.2) is 12.1 Å². The number of nitriles is 1. The van der Waals surface area contributed by atoms with Gasteiger partial charge in [-0.25, -0.2) is 0 Å². The van der Waals surface area contributed by atoms with E-state index in [0.717, 1.165) is 25.8 Å². The fraction of sp³-hybridized carbons (Fsp3) is 0.923. The molecule has 2 nitrogen and oxygen atoms in total. The van der Waals surface area contributed by atoms with Gasteiger partial charge in [-0.2, -0.15) is 5.26 Å². The van der Waals surface area contributed by atoms with E-state index < -0.39 is 0 Å². The summed E-state index contributed by atoms with van der Waals surface area (Å²) in [5.74, 6) is 0.651. The van der Waals surface area contributed by atoms with Crippen molar-refractivity contribution in [1.82, 2.24) is 5.32 Å². The minimum Gasteiger partial charge on any atom is -0.299 e. The Kier molecular flexibility index (Phi) is 3.78. The molecule has 1 N–H and O–H groups in total. The maximum atomic E-state index is 9.41. The zero-order valence-electron chi connectivity index (χ0n) is 10.6. The van der Waals surface area contributed by atoms with Gasteiger partial charge < -0.3 is 0 Å². The molecule has 0 aromatic carbocycles. The van der Waals surface area contributed by atoms with Crippen molar-refractivity contribution in [3.05, 3.63) is 0 Å². The summed E-state index contributed by atoms with van der Waals surface area (Å²) in [5.41, 5.74) is 0.0331. The van der Waals surface area contributed by atoms with Gasteiger partial charge in [-0.15, -0.1) is 0 Å². The second-order valence-electron chi connectivity index (χ2n) is 5.98. The van der Waals surface area contributed by atoms with Crippen molar-refractivity contribution in [3.8, 4) is 6.07 Å². The van der Waals surface area contributed by atoms with Gasteiger partial charge in [0.25, 0.3) is 0 Å². The predicted molar refractivity (Wildman–Crippen MR) is 63.4 cm³/mol. The van der Waals surface area contributed by atoms with Gasteiger partial charge in [0.2, 0.25) is 0 Å². The third-order valence-corrected chi connectivity index (χ3v) is 3.31. The first-order chi connectivity index (χ1) is 6.93. The quantitative estimate of drug-likeness (QED) is 0.773. The van der Waals surface area contributed by atoms with Gasteiger partial charge in [-0.3, -0.25) is 5.32 Å². The van der Waals surface area contributed by atoms with Crippen LogP contribution >= 0.6 is 0 Å². The van der Waals surface area contributed by atoms with Crippen LogP contribution in [0.1, 0.15) is 53.4 Å². The Labute approximate surface area is 94.1 Å². The Balaban J connectivity index is 2.76. The fourth-order valence-electron chi connectivity index (χ4n) is 3.20. The maximum Gasteiger partial charge on any atom is 0.107 e. The van der Waals surface area contributed by atoms with Gasteiger partial charge >= 0.3 is 0 Å². The summed E-state index contributed by atoms with van der Waals surface area (Å²) in [5, 5.41) is 12.9. The van der Waals surface area contributed by atoms with E-state index in [1.807, 2.05) is 0 Å². The molecule has 0 amide bonds. The molecule has 0 spiro atoms. The number of nitrogens with one attached hydrogen (secondary N) is 1. The summed E-state index contributed by atoms with van der Waals surface area (Å²) >= 11 is 0. The highest BCUT2D eigenvalue weighted by atomic mass is 15.0. The largest absolute Gasteiger partial charge is 0.299 e. The molecular weight excluding hydrogens is 184 g/mol. The number of rotatable bonds is 3. The van der Waals surface area contributed by atoms with Crippen LogP contribution < -0.4 is 5.32 Å². The highest BCUT2D eigenvalue weighted by Gasteiger charge is 2.42. The molecule has 2 atom stereocenters. The molecule has 86 valence electrons. The van der Waals surface area contributed by atoms with Gasteiger partial charge in [0, 0.05) is 0 Å². The van der Waals surface area contributed by atoms with Gasteiger partial charge in [-0.05, 0) is 43.6 Å². The van der Waals surface area contributed by atoms with E-state index in [2.05, 4.69) is 39.1 Å². The summed E-state index contributed by atoms with van der Waals surface area (Å²) in [6.45, 7) is 9.93. The normalized spacial score (nSPS) is 34.7. The van der Waals surface area contributed by atoms with E-state index in [-0.39, 0.29) is 5.54 Å². The van der Waals surface area contributed by atoms with Gasteiger partial charge in [0.1, 0.15) is 5.54 Å². The van der Waals surface area contributed by atoms with E-state index in [1.54, 1.807) is 0 Å². The number of hydrogen-bond donors (Lipinski definition) is 1. The molecule has 0 radical (unpaired) electrons. The monoisotopic (exact) mass is 208 g/mol. The van der Waals surface area contributed by atoms with Gasteiger partial charge in [0.15, 0.2) is 0 Å². The summed E-state index contributed by atoms with van der Waals surface area (Å²) < 4.78 is 0. The lowest BCUT2D eigenvalue weighted by Gasteiger charge is -2.44. The Morgan fingerprint density at radius 2 is 2.07 bits per heavy atom. The molecule has 1 saturated carbocycles. The van der Waals surface area contributed by atoms with Crippen molar-refractivity contribution in [3.63, 3.8) is 0 Å². The van der Waals surface area contributed by atoms with Crippen molar-refractivity contribution in [2.45, 2.75) is 58.9 Å². The summed E-state index contributed by atoms with van der Waals surface area (Å²) in [4.78, 5) is 0. The molecule has 15 heavy (non-hydrogen) atoms. The molecule has 0 bridgehead atoms. The summed E-state index contributed by atoms with van der Waals surface area (Å²) in [6.07, 6.45) is 4.33. The first kappa shape index (κ1) is 12.5. The van der Waals surface area contributed by atoms with Crippen molar-refractivity contribution in [1.29, 1.82) is 5.26 Å². The molecule has 0 saturated heterocycles. The second-order valence-corrected chi connectivity index (χ2v) is 5.98. The third kappa shape index (κ3) is 3.21. The average Bonchev–Trinajstić information content (AvgIpc) is 2.11. The lowest BCUT2D eigenvalue weighted by Crippen LogP contribution is -2.51. The van der Waals surface area contributed by atoms with Crippen molar-refractivity contribution in [2.75, 3.05) is 6.54 Å². The number of hydrogen-bond acceptors (Lipinski definition) is 2. The highest BCUT2D eigenvalue weighted by molar-refractivity contribution is 5.12. The maximum absolute atomic E-state index is 9.41. The van der Waals surface area contributed by atoms with Gasteiger partial charge in [-0.1, -0.05) is 27.7 Å². The molecule has 0 heterocycles. The van der Waals surface area contributed by atoms with Crippen LogP contribution in [0.3, 0.4) is 0 Å². The molecule has 1 aliphatic rings. The van der Waals surface area contributed by atoms with Crippen LogP contribution in [0.2, 0.25) is 0 Å². The Hall–Kier alpha value is -0.550. The fourth-order valence-corrected chi connectivity index (χ4v) is 3.20. The van der Waals surface area contributed by atoms with Crippen LogP contribution in [0, 0.1) is 22.7 Å². The van der Waals surface area contributed by atoms with E-state index >= 15 is 0 Å². The Morgan fingerprint density at radius 3 is 2.53 bits per heavy atom. The van der Waals surface area contributed by atoms with E-state index in [0.29, 0.717) is 11.3 Å². The standard InChI is InChI=1S/C13H24N2/c1-5-6-15-13(10-14)8-11(2)7-12(3,4)9-13/h11,15H,5-9H2,1-4H3. The zero-order chi connectivity index (χ0) is 11.5. The van der Waals surface area contributed by atoms with Crippen molar-refractivity contribution in [2.24, 2.45) is 11.3 Å². The minimum absolute atomic E-state index is 0.267. The molecule has 2 heteroatoms. The second kappa shape index (κ2) is 4.53. The Morgan fingerprint density at radius 1 is 1.40 bits per heavy atom. The zero-order valence-corrected chi connectivity index (χ0v) is 10.6. The van der Waals surface area contributed by atoms with Crippen LogP contribution in [0.4, 0.5) is 0 Å². The summed E-state index contributed by atoms with van der Waals surface area (Å²) in [7, 11) is 0. The third-order valence-electron chi connectivity index (χ3n) is 3.31. The van der Waals surface area contributed by atoms with E-state index in [9.17, 15) is 5.26 Å². The molecule has 0 aliphatic heterocycles. The van der Waals surface area contributed by atoms with Crippen molar-refractivity contribution < 1.29 is 0 Å². The SMILES string of the molecule is CCCNC1(C#N)CC(C)CC(C)(C)C1. The summed E-state index contributed by atoms with van der Waals surface area (Å²) in [6, 6.07) is 2.53.